The van der Waals surface area contributed by atoms with Gasteiger partial charge in [0.2, 0.25) is 0 Å². The average Bonchev–Trinajstić information content (AvgIpc) is 3.13. The van der Waals surface area contributed by atoms with Crippen LogP contribution in [0.15, 0.2) is 182 Å². The molecule has 0 heterocycles. The highest BCUT2D eigenvalue weighted by Gasteiger charge is 2.18. The minimum Gasteiger partial charge on any atom is -0.0622 e. The Hall–Kier alpha value is -5.98. The molecule has 0 unspecified atom stereocenters. The van der Waals surface area contributed by atoms with Gasteiger partial charge in [0.05, 0.1) is 0 Å². The van der Waals surface area contributed by atoms with Crippen LogP contribution in [-0.4, -0.2) is 0 Å². The molecule has 0 aliphatic heterocycles. The summed E-state index contributed by atoms with van der Waals surface area (Å²) < 4.78 is 0. The van der Waals surface area contributed by atoms with Crippen LogP contribution in [0.1, 0.15) is 0 Å². The zero-order valence-corrected chi connectivity index (χ0v) is 25.3. The summed E-state index contributed by atoms with van der Waals surface area (Å²) in [6.07, 6.45) is 0. The van der Waals surface area contributed by atoms with E-state index in [1.165, 1.54) is 87.6 Å². The van der Waals surface area contributed by atoms with Crippen molar-refractivity contribution in [3.05, 3.63) is 182 Å². The van der Waals surface area contributed by atoms with E-state index in [2.05, 4.69) is 182 Å². The van der Waals surface area contributed by atoms with Crippen molar-refractivity contribution in [1.29, 1.82) is 0 Å². The number of hydrogen-bond donors (Lipinski definition) is 0. The third-order valence-corrected chi connectivity index (χ3v) is 9.42. The lowest BCUT2D eigenvalue weighted by Gasteiger charge is -2.19. The fourth-order valence-electron chi connectivity index (χ4n) is 7.26. The summed E-state index contributed by atoms with van der Waals surface area (Å²) in [5.41, 5.74) is 9.95. The molecule has 9 aromatic rings. The molecule has 214 valence electrons. The van der Waals surface area contributed by atoms with Crippen molar-refractivity contribution in [2.24, 2.45) is 0 Å². The van der Waals surface area contributed by atoms with Crippen LogP contribution >= 0.6 is 0 Å². The van der Waals surface area contributed by atoms with Crippen LogP contribution in [0.25, 0.3) is 87.6 Å². The molecule has 0 radical (unpaired) electrons. The predicted molar refractivity (Wildman–Crippen MR) is 198 cm³/mol. The molecule has 0 bridgehead atoms. The molecule has 0 amide bonds. The number of rotatable bonds is 4. The van der Waals surface area contributed by atoms with Crippen LogP contribution in [-0.2, 0) is 0 Å². The topological polar surface area (TPSA) is 0 Å². The monoisotopic (exact) mass is 582 g/mol. The summed E-state index contributed by atoms with van der Waals surface area (Å²) in [6.45, 7) is 0. The Balaban J connectivity index is 1.34. The first kappa shape index (κ1) is 26.4. The standard InChI is InChI=1S/C46H30/c1-2-14-33(15-3-1)39-27-26-38(30-44(39)36-24-22-31-12-4-6-16-34(31)28-36)46-42-20-10-8-18-40(42)45(41-19-9-11-21-43(41)46)37-25-23-32-13-5-7-17-35(32)29-37/h1-30H. The second-order valence-electron chi connectivity index (χ2n) is 12.1. The van der Waals surface area contributed by atoms with Crippen LogP contribution in [0.3, 0.4) is 0 Å². The third kappa shape index (κ3) is 4.38. The van der Waals surface area contributed by atoms with Gasteiger partial charge in [-0.2, -0.15) is 0 Å². The molecule has 0 nitrogen and oxygen atoms in total. The van der Waals surface area contributed by atoms with E-state index in [9.17, 15) is 0 Å². The van der Waals surface area contributed by atoms with Crippen LogP contribution in [0.4, 0.5) is 0 Å². The Kier molecular flexibility index (Phi) is 6.25. The Labute approximate surface area is 268 Å². The SMILES string of the molecule is c1ccc(-c2ccc(-c3c4ccccc4c(-c4ccc5ccccc5c4)c4ccccc34)cc2-c2ccc3ccccc3c2)cc1. The lowest BCUT2D eigenvalue weighted by molar-refractivity contribution is 1.59. The first-order chi connectivity index (χ1) is 22.8. The Morgan fingerprint density at radius 3 is 1.20 bits per heavy atom. The predicted octanol–water partition coefficient (Wildman–Crippen LogP) is 13.0. The van der Waals surface area contributed by atoms with E-state index < -0.39 is 0 Å². The van der Waals surface area contributed by atoms with Gasteiger partial charge in [0.25, 0.3) is 0 Å². The molecule has 46 heavy (non-hydrogen) atoms. The van der Waals surface area contributed by atoms with Gasteiger partial charge >= 0.3 is 0 Å². The summed E-state index contributed by atoms with van der Waals surface area (Å²) >= 11 is 0. The molecular weight excluding hydrogens is 553 g/mol. The first-order valence-electron chi connectivity index (χ1n) is 15.9. The first-order valence-corrected chi connectivity index (χ1v) is 15.9. The molecule has 0 spiro atoms. The smallest absolute Gasteiger partial charge is 0.00261 e. The molecule has 0 fully saturated rings. The summed E-state index contributed by atoms with van der Waals surface area (Å²) in [7, 11) is 0. The van der Waals surface area contributed by atoms with Gasteiger partial charge in [0.1, 0.15) is 0 Å². The zero-order chi connectivity index (χ0) is 30.5. The van der Waals surface area contributed by atoms with Crippen molar-refractivity contribution < 1.29 is 0 Å². The fourth-order valence-corrected chi connectivity index (χ4v) is 7.26. The van der Waals surface area contributed by atoms with E-state index in [1.807, 2.05) is 0 Å². The van der Waals surface area contributed by atoms with E-state index in [4.69, 9.17) is 0 Å². The van der Waals surface area contributed by atoms with Gasteiger partial charge in [0, 0.05) is 0 Å². The average molecular weight is 583 g/mol. The van der Waals surface area contributed by atoms with Gasteiger partial charge in [-0.1, -0.05) is 164 Å². The maximum absolute atomic E-state index is 2.41. The minimum atomic E-state index is 1.22. The Morgan fingerprint density at radius 1 is 0.217 bits per heavy atom. The summed E-state index contributed by atoms with van der Waals surface area (Å²) in [5.74, 6) is 0. The molecule has 9 aromatic carbocycles. The molecule has 0 atom stereocenters. The highest BCUT2D eigenvalue weighted by atomic mass is 14.2. The largest absolute Gasteiger partial charge is 0.0622 e. The van der Waals surface area contributed by atoms with Gasteiger partial charge in [-0.05, 0) is 106 Å². The normalized spacial score (nSPS) is 11.5. The van der Waals surface area contributed by atoms with Crippen LogP contribution in [0.5, 0.6) is 0 Å². The van der Waals surface area contributed by atoms with E-state index in [0.29, 0.717) is 0 Å². The maximum atomic E-state index is 2.41. The van der Waals surface area contributed by atoms with Crippen molar-refractivity contribution >= 4 is 43.1 Å². The van der Waals surface area contributed by atoms with Crippen molar-refractivity contribution in [3.63, 3.8) is 0 Å². The van der Waals surface area contributed by atoms with Crippen molar-refractivity contribution in [1.82, 2.24) is 0 Å². The van der Waals surface area contributed by atoms with Crippen molar-refractivity contribution in [3.8, 4) is 44.5 Å². The van der Waals surface area contributed by atoms with Crippen LogP contribution in [0.2, 0.25) is 0 Å². The summed E-state index contributed by atoms with van der Waals surface area (Å²) in [6, 6.07) is 66.6. The number of hydrogen-bond acceptors (Lipinski definition) is 0. The molecule has 0 aliphatic rings. The van der Waals surface area contributed by atoms with Gasteiger partial charge in [0.15, 0.2) is 0 Å². The van der Waals surface area contributed by atoms with Crippen molar-refractivity contribution in [2.75, 3.05) is 0 Å². The highest BCUT2D eigenvalue weighted by molar-refractivity contribution is 6.22. The molecule has 0 aromatic heterocycles. The molecule has 0 saturated carbocycles. The maximum Gasteiger partial charge on any atom is -0.00261 e. The van der Waals surface area contributed by atoms with Gasteiger partial charge < -0.3 is 0 Å². The molecule has 0 heteroatoms. The molecule has 0 aliphatic carbocycles. The molecular formula is C46H30. The fraction of sp³-hybridized carbons (Fsp3) is 0. The second-order valence-corrected chi connectivity index (χ2v) is 12.1. The van der Waals surface area contributed by atoms with Gasteiger partial charge in [-0.25, -0.2) is 0 Å². The van der Waals surface area contributed by atoms with Gasteiger partial charge in [-0.3, -0.25) is 0 Å². The van der Waals surface area contributed by atoms with E-state index in [0.717, 1.165) is 0 Å². The Bertz CT molecular complexity index is 2520. The summed E-state index contributed by atoms with van der Waals surface area (Å²) in [5, 5.41) is 10.1. The molecule has 0 N–H and O–H groups in total. The number of fused-ring (bicyclic) bond motifs is 4. The minimum absolute atomic E-state index is 1.22. The van der Waals surface area contributed by atoms with Crippen molar-refractivity contribution in [2.45, 2.75) is 0 Å². The van der Waals surface area contributed by atoms with E-state index >= 15 is 0 Å². The van der Waals surface area contributed by atoms with E-state index in [1.54, 1.807) is 0 Å². The lowest BCUT2D eigenvalue weighted by Crippen LogP contribution is -1.92. The number of benzene rings is 9. The second kappa shape index (κ2) is 10.9. The van der Waals surface area contributed by atoms with E-state index in [-0.39, 0.29) is 0 Å². The molecule has 9 rings (SSSR count). The van der Waals surface area contributed by atoms with Crippen LogP contribution in [0, 0.1) is 0 Å². The lowest BCUT2D eigenvalue weighted by atomic mass is 9.84. The van der Waals surface area contributed by atoms with Crippen LogP contribution < -0.4 is 0 Å². The zero-order valence-electron chi connectivity index (χ0n) is 25.3. The summed E-state index contributed by atoms with van der Waals surface area (Å²) in [4.78, 5) is 0. The van der Waals surface area contributed by atoms with Gasteiger partial charge in [-0.15, -0.1) is 0 Å². The third-order valence-electron chi connectivity index (χ3n) is 9.42. The Morgan fingerprint density at radius 2 is 0.630 bits per heavy atom. The highest BCUT2D eigenvalue weighted by Crippen LogP contribution is 2.46. The molecule has 0 saturated heterocycles. The quantitative estimate of drug-likeness (QED) is 0.181.